The van der Waals surface area contributed by atoms with Gasteiger partial charge in [0.1, 0.15) is 30.1 Å². The number of halogens is 1. The summed E-state index contributed by atoms with van der Waals surface area (Å²) in [6.45, 7) is 13.3. The van der Waals surface area contributed by atoms with Crippen LogP contribution in [0.2, 0.25) is 0 Å². The SMILES string of the molecule is CC[C@@]1(O)C(=O)OCC2=C1C=C1c3nc4cc(F)c(C)c5c4c(c3CC1C2=O)[C@@H](NC(=O)[C@H](C)NC(=O)[C@@H](NC(=O)OC(C)(C)C)C(C)C)CC5. The molecule has 0 radical (unpaired) electrons. The fourth-order valence-corrected chi connectivity index (χ4v) is 7.68. The van der Waals surface area contributed by atoms with Crippen molar-refractivity contribution in [2.75, 3.05) is 6.61 Å². The van der Waals surface area contributed by atoms with Gasteiger partial charge in [0.15, 0.2) is 11.4 Å². The Morgan fingerprint density at radius 2 is 1.84 bits per heavy atom. The highest BCUT2D eigenvalue weighted by atomic mass is 19.1. The van der Waals surface area contributed by atoms with E-state index in [1.165, 1.54) is 6.07 Å². The Kier molecular flexibility index (Phi) is 9.10. The molecular weight excluding hydrogens is 659 g/mol. The molecule has 3 aliphatic carbocycles. The zero-order valence-corrected chi connectivity index (χ0v) is 30.2. The van der Waals surface area contributed by atoms with Gasteiger partial charge in [0.25, 0.3) is 0 Å². The van der Waals surface area contributed by atoms with Crippen LogP contribution in [0, 0.1) is 24.6 Å². The Bertz CT molecular complexity index is 1960. The fourth-order valence-electron chi connectivity index (χ4n) is 7.68. The smallest absolute Gasteiger partial charge is 0.408 e. The topological polar surface area (TPSA) is 173 Å². The van der Waals surface area contributed by atoms with Gasteiger partial charge in [-0.2, -0.15) is 0 Å². The molecule has 4 aliphatic rings. The number of rotatable bonds is 7. The summed E-state index contributed by atoms with van der Waals surface area (Å²) in [5.41, 5.74) is 1.80. The van der Waals surface area contributed by atoms with Crippen molar-refractivity contribution in [1.82, 2.24) is 20.9 Å². The number of allylic oxidation sites excluding steroid dienone is 1. The number of nitrogens with zero attached hydrogens (tertiary/aromatic N) is 1. The van der Waals surface area contributed by atoms with Crippen LogP contribution in [-0.2, 0) is 41.5 Å². The average molecular weight is 705 g/mol. The predicted molar refractivity (Wildman–Crippen MR) is 185 cm³/mol. The van der Waals surface area contributed by atoms with E-state index in [9.17, 15) is 29.1 Å². The number of benzene rings is 1. The Morgan fingerprint density at radius 1 is 1.14 bits per heavy atom. The van der Waals surface area contributed by atoms with Crippen LogP contribution in [0.4, 0.5) is 9.18 Å². The molecule has 12 nitrogen and oxygen atoms in total. The molecule has 1 aromatic heterocycles. The maximum absolute atomic E-state index is 15.3. The van der Waals surface area contributed by atoms with E-state index in [0.717, 1.165) is 22.1 Å². The molecule has 272 valence electrons. The van der Waals surface area contributed by atoms with Crippen LogP contribution in [0.5, 0.6) is 0 Å². The summed E-state index contributed by atoms with van der Waals surface area (Å²) in [7, 11) is 0. The van der Waals surface area contributed by atoms with E-state index in [1.54, 1.807) is 61.5 Å². The lowest BCUT2D eigenvalue weighted by Gasteiger charge is -2.35. The van der Waals surface area contributed by atoms with E-state index in [2.05, 4.69) is 16.0 Å². The number of carbonyl (C=O) groups excluding carboxylic acids is 5. The quantitative estimate of drug-likeness (QED) is 0.311. The first-order valence-corrected chi connectivity index (χ1v) is 17.5. The van der Waals surface area contributed by atoms with Crippen molar-refractivity contribution >= 4 is 46.1 Å². The van der Waals surface area contributed by atoms with Gasteiger partial charge in [0.05, 0.1) is 23.2 Å². The van der Waals surface area contributed by atoms with E-state index in [0.29, 0.717) is 35.2 Å². The highest BCUT2D eigenvalue weighted by Gasteiger charge is 2.51. The highest BCUT2D eigenvalue weighted by molar-refractivity contribution is 6.12. The number of alkyl carbamates (subject to hydrolysis) is 1. The molecule has 0 spiro atoms. The largest absolute Gasteiger partial charge is 0.458 e. The molecular formula is C38H45FN4O8. The second-order valence-corrected chi connectivity index (χ2v) is 15.3. The molecule has 1 aromatic carbocycles. The molecule has 2 aromatic rings. The standard InChI is InChI=1S/C38H45FN4O8/c1-9-38(49)24-13-20-21(32(44)23(24)15-50-35(38)47)12-22-29-26(11-10-19-17(4)25(39)14-27(28(19)29)41-31(20)22)42-33(45)18(5)40-34(46)30(16(2)3)43-36(48)51-37(6,7)8/h13-14,16,18,21,26,30,49H,9-12,15H2,1-8H3,(H,40,46)(H,42,45)(H,43,48)/t18-,21?,26-,30-,38-/m0/s1. The van der Waals surface area contributed by atoms with Gasteiger partial charge in [0.2, 0.25) is 11.8 Å². The highest BCUT2D eigenvalue weighted by Crippen LogP contribution is 2.50. The Labute approximate surface area is 295 Å². The number of Topliss-reactive ketones (excluding diaryl/α,β-unsaturated/α-hetero) is 1. The number of nitrogens with one attached hydrogen (secondary N) is 3. The third-order valence-corrected chi connectivity index (χ3v) is 10.4. The molecule has 1 unspecified atom stereocenters. The summed E-state index contributed by atoms with van der Waals surface area (Å²) in [5.74, 6) is -3.50. The Balaban J connectivity index is 1.34. The third kappa shape index (κ3) is 6.19. The fraction of sp³-hybridized carbons (Fsp3) is 0.526. The monoisotopic (exact) mass is 704 g/mol. The molecule has 0 saturated carbocycles. The van der Waals surface area contributed by atoms with Crippen molar-refractivity contribution in [3.05, 3.63) is 57.1 Å². The number of fused-ring (bicyclic) bond motifs is 4. The Morgan fingerprint density at radius 3 is 2.49 bits per heavy atom. The number of aliphatic hydroxyl groups is 1. The number of hydrogen-bond donors (Lipinski definition) is 4. The van der Waals surface area contributed by atoms with Gasteiger partial charge in [-0.25, -0.2) is 19.0 Å². The van der Waals surface area contributed by atoms with Crippen LogP contribution in [0.25, 0.3) is 16.5 Å². The lowest BCUT2D eigenvalue weighted by Crippen LogP contribution is -2.55. The minimum Gasteiger partial charge on any atom is -0.458 e. The summed E-state index contributed by atoms with van der Waals surface area (Å²) < 4.78 is 25.8. The minimum absolute atomic E-state index is 0.00130. The van der Waals surface area contributed by atoms with Crippen molar-refractivity contribution in [1.29, 1.82) is 0 Å². The first-order valence-electron chi connectivity index (χ1n) is 17.5. The number of carbonyl (C=O) groups is 5. The lowest BCUT2D eigenvalue weighted by atomic mass is 9.75. The minimum atomic E-state index is -1.99. The zero-order chi connectivity index (χ0) is 37.3. The predicted octanol–water partition coefficient (Wildman–Crippen LogP) is 3.97. The van der Waals surface area contributed by atoms with Crippen LogP contribution in [0.1, 0.15) is 95.3 Å². The average Bonchev–Trinajstić information content (AvgIpc) is 3.42. The first-order chi connectivity index (χ1) is 23.9. The molecule has 0 fully saturated rings. The molecule has 5 atom stereocenters. The van der Waals surface area contributed by atoms with Gasteiger partial charge in [-0.05, 0) is 100 Å². The summed E-state index contributed by atoms with van der Waals surface area (Å²) in [4.78, 5) is 71.0. The second-order valence-electron chi connectivity index (χ2n) is 15.3. The van der Waals surface area contributed by atoms with E-state index in [1.807, 2.05) is 0 Å². The van der Waals surface area contributed by atoms with Crippen LogP contribution in [-0.4, -0.2) is 69.6 Å². The maximum atomic E-state index is 15.3. The molecule has 0 bridgehead atoms. The number of aryl methyl sites for hydroxylation is 1. The van der Waals surface area contributed by atoms with E-state index in [4.69, 9.17) is 14.5 Å². The maximum Gasteiger partial charge on any atom is 0.408 e. The molecule has 0 saturated heterocycles. The number of pyridine rings is 1. The third-order valence-electron chi connectivity index (χ3n) is 10.4. The molecule has 51 heavy (non-hydrogen) atoms. The molecule has 1 aliphatic heterocycles. The van der Waals surface area contributed by atoms with Gasteiger partial charge >= 0.3 is 12.1 Å². The Hall–Kier alpha value is -4.65. The number of aromatic nitrogens is 1. The molecule has 2 heterocycles. The van der Waals surface area contributed by atoms with Crippen molar-refractivity contribution < 1.29 is 42.9 Å². The second kappa shape index (κ2) is 12.8. The first kappa shape index (κ1) is 36.2. The number of hydrogen-bond acceptors (Lipinski definition) is 9. The van der Waals surface area contributed by atoms with Crippen molar-refractivity contribution in [3.8, 4) is 0 Å². The summed E-state index contributed by atoms with van der Waals surface area (Å²) >= 11 is 0. The number of ketones is 1. The lowest BCUT2D eigenvalue weighted by molar-refractivity contribution is -0.163. The van der Waals surface area contributed by atoms with Gasteiger partial charge in [0, 0.05) is 22.6 Å². The van der Waals surface area contributed by atoms with Crippen LogP contribution < -0.4 is 16.0 Å². The van der Waals surface area contributed by atoms with Gasteiger partial charge in [-0.3, -0.25) is 14.4 Å². The summed E-state index contributed by atoms with van der Waals surface area (Å²) in [5, 5.41) is 20.4. The summed E-state index contributed by atoms with van der Waals surface area (Å²) in [6, 6.07) is -1.16. The zero-order valence-electron chi connectivity index (χ0n) is 30.2. The molecule has 6 rings (SSSR count). The van der Waals surface area contributed by atoms with Crippen LogP contribution in [0.15, 0.2) is 23.3 Å². The number of amides is 3. The number of cyclic esters (lactones) is 1. The number of esters is 1. The van der Waals surface area contributed by atoms with E-state index < -0.39 is 64.9 Å². The number of ether oxygens (including phenoxy) is 2. The van der Waals surface area contributed by atoms with E-state index in [-0.39, 0.29) is 42.3 Å². The molecule has 3 amide bonds. The molecule has 13 heteroatoms. The normalized spacial score (nSPS) is 23.5. The van der Waals surface area contributed by atoms with E-state index >= 15 is 4.39 Å². The van der Waals surface area contributed by atoms with Crippen LogP contribution >= 0.6 is 0 Å². The van der Waals surface area contributed by atoms with Gasteiger partial charge < -0.3 is 30.5 Å². The van der Waals surface area contributed by atoms with Gasteiger partial charge in [-0.1, -0.05) is 20.8 Å². The van der Waals surface area contributed by atoms with Crippen molar-refractivity contribution in [2.45, 2.75) is 110 Å². The summed E-state index contributed by atoms with van der Waals surface area (Å²) in [6.07, 6.45) is 2.06. The van der Waals surface area contributed by atoms with Crippen LogP contribution in [0.3, 0.4) is 0 Å². The van der Waals surface area contributed by atoms with Crippen molar-refractivity contribution in [3.63, 3.8) is 0 Å². The molecule has 4 N–H and O–H groups in total. The van der Waals surface area contributed by atoms with Gasteiger partial charge in [-0.15, -0.1) is 0 Å². The van der Waals surface area contributed by atoms with Crippen molar-refractivity contribution in [2.24, 2.45) is 11.8 Å².